The van der Waals surface area contributed by atoms with Crippen molar-refractivity contribution in [1.82, 2.24) is 4.90 Å². The quantitative estimate of drug-likeness (QED) is 0.813. The van der Waals surface area contributed by atoms with E-state index in [1.165, 1.54) is 34.9 Å². The summed E-state index contributed by atoms with van der Waals surface area (Å²) in [4.78, 5) is 15.6. The maximum Gasteiger partial charge on any atom is 0.407 e. The second-order valence-electron chi connectivity index (χ2n) is 8.26. The summed E-state index contributed by atoms with van der Waals surface area (Å²) < 4.78 is 19.9. The van der Waals surface area contributed by atoms with E-state index in [0.717, 1.165) is 37.8 Å². The predicted octanol–water partition coefficient (Wildman–Crippen LogP) is 4.49. The minimum atomic E-state index is -0.854. The lowest BCUT2D eigenvalue weighted by Gasteiger charge is -2.37. The van der Waals surface area contributed by atoms with Crippen molar-refractivity contribution in [1.29, 1.82) is 0 Å². The lowest BCUT2D eigenvalue weighted by atomic mass is 9.86. The van der Waals surface area contributed by atoms with E-state index in [1.54, 1.807) is 12.1 Å². The van der Waals surface area contributed by atoms with E-state index in [2.05, 4.69) is 17.0 Å². The average Bonchev–Trinajstić information content (AvgIpc) is 2.88. The highest BCUT2D eigenvalue weighted by atomic mass is 19.1. The Hall–Kier alpha value is -2.76. The Kier molecular flexibility index (Phi) is 4.37. The van der Waals surface area contributed by atoms with Crippen LogP contribution in [0.1, 0.15) is 36.3 Å². The molecule has 5 rings (SSSR count). The minimum Gasteiger partial charge on any atom is -0.497 e. The number of fused-ring (bicyclic) bond motifs is 3. The van der Waals surface area contributed by atoms with Crippen LogP contribution in [-0.2, 0) is 6.42 Å². The summed E-state index contributed by atoms with van der Waals surface area (Å²) in [6.07, 6.45) is 3.22. The Bertz CT molecular complexity index is 977. The van der Waals surface area contributed by atoms with Crippen molar-refractivity contribution in [2.75, 3.05) is 31.6 Å². The van der Waals surface area contributed by atoms with Crippen molar-refractivity contribution in [2.24, 2.45) is 0 Å². The van der Waals surface area contributed by atoms with Crippen LogP contribution in [0.4, 0.5) is 14.9 Å². The SMILES string of the molecule is COc1ccc(-c2cc3c4c(c2)[C@@H]2CN(C(=O)O)CC[C@@H]2N4CCCC3)c(F)c1. The van der Waals surface area contributed by atoms with Crippen molar-refractivity contribution >= 4 is 11.8 Å². The summed E-state index contributed by atoms with van der Waals surface area (Å²) in [5.41, 5.74) is 5.17. The highest BCUT2D eigenvalue weighted by Gasteiger charge is 2.44. The van der Waals surface area contributed by atoms with Crippen LogP contribution in [0.15, 0.2) is 30.3 Å². The summed E-state index contributed by atoms with van der Waals surface area (Å²) >= 11 is 0. The molecule has 2 aromatic carbocycles. The fourth-order valence-electron chi connectivity index (χ4n) is 5.39. The van der Waals surface area contributed by atoms with Crippen molar-refractivity contribution in [3.8, 4) is 16.9 Å². The minimum absolute atomic E-state index is 0.146. The summed E-state index contributed by atoms with van der Waals surface area (Å²) in [7, 11) is 1.53. The first kappa shape index (κ1) is 18.3. The second-order valence-corrected chi connectivity index (χ2v) is 8.26. The van der Waals surface area contributed by atoms with E-state index < -0.39 is 6.09 Å². The van der Waals surface area contributed by atoms with Crippen molar-refractivity contribution in [2.45, 2.75) is 37.6 Å². The van der Waals surface area contributed by atoms with Crippen molar-refractivity contribution < 1.29 is 19.0 Å². The van der Waals surface area contributed by atoms with Gasteiger partial charge < -0.3 is 19.6 Å². The Morgan fingerprint density at radius 1 is 1.21 bits per heavy atom. The molecule has 3 aliphatic rings. The number of benzene rings is 2. The van der Waals surface area contributed by atoms with Crippen molar-refractivity contribution in [3.05, 3.63) is 47.3 Å². The number of amides is 1. The number of halogens is 1. The van der Waals surface area contributed by atoms with Crippen LogP contribution in [0.25, 0.3) is 11.1 Å². The van der Waals surface area contributed by atoms with Gasteiger partial charge in [0.25, 0.3) is 0 Å². The molecule has 1 saturated heterocycles. The topological polar surface area (TPSA) is 53.0 Å². The van der Waals surface area contributed by atoms with Gasteiger partial charge in [-0.15, -0.1) is 0 Å². The molecule has 3 aliphatic heterocycles. The Morgan fingerprint density at radius 3 is 2.83 bits per heavy atom. The third-order valence-corrected chi connectivity index (χ3v) is 6.73. The number of anilines is 1. The van der Waals surface area contributed by atoms with Gasteiger partial charge >= 0.3 is 6.09 Å². The number of carboxylic acid groups (broad SMARTS) is 1. The number of nitrogens with zero attached hydrogens (tertiary/aromatic N) is 2. The Morgan fingerprint density at radius 2 is 2.07 bits per heavy atom. The van der Waals surface area contributed by atoms with Crippen LogP contribution in [0.2, 0.25) is 0 Å². The number of hydrogen-bond acceptors (Lipinski definition) is 3. The molecule has 0 unspecified atom stereocenters. The van der Waals surface area contributed by atoms with E-state index in [-0.39, 0.29) is 11.7 Å². The zero-order valence-corrected chi connectivity index (χ0v) is 16.5. The molecule has 0 bridgehead atoms. The highest BCUT2D eigenvalue weighted by molar-refractivity contribution is 5.77. The largest absolute Gasteiger partial charge is 0.497 e. The molecule has 1 amide bonds. The molecule has 0 aromatic heterocycles. The van der Waals surface area contributed by atoms with Crippen molar-refractivity contribution in [3.63, 3.8) is 0 Å². The molecule has 0 radical (unpaired) electrons. The predicted molar refractivity (Wildman–Crippen MR) is 109 cm³/mol. The fourth-order valence-corrected chi connectivity index (χ4v) is 5.39. The van der Waals surface area contributed by atoms with Gasteiger partial charge in [-0.1, -0.05) is 0 Å². The molecule has 0 aliphatic carbocycles. The Balaban J connectivity index is 1.63. The number of carbonyl (C=O) groups is 1. The number of hydrogen-bond donors (Lipinski definition) is 1. The van der Waals surface area contributed by atoms with E-state index in [9.17, 15) is 14.3 Å². The monoisotopic (exact) mass is 396 g/mol. The molecule has 2 atom stereocenters. The van der Waals surface area contributed by atoms with Gasteiger partial charge in [0.2, 0.25) is 0 Å². The number of ether oxygens (including phenoxy) is 1. The number of methoxy groups -OCH3 is 1. The van der Waals surface area contributed by atoms with Gasteiger partial charge in [-0.05, 0) is 66.6 Å². The van der Waals surface area contributed by atoms with E-state index in [0.29, 0.717) is 30.4 Å². The maximum absolute atomic E-state index is 14.8. The average molecular weight is 396 g/mol. The first-order valence-electron chi connectivity index (χ1n) is 10.3. The molecular formula is C23H25FN2O3. The zero-order valence-electron chi connectivity index (χ0n) is 16.5. The molecule has 152 valence electrons. The van der Waals surface area contributed by atoms with Gasteiger partial charge in [0.05, 0.1) is 7.11 Å². The number of piperidine rings is 1. The molecule has 2 aromatic rings. The summed E-state index contributed by atoms with van der Waals surface area (Å²) in [6, 6.07) is 9.54. The van der Waals surface area contributed by atoms with Crippen LogP contribution in [0.5, 0.6) is 5.75 Å². The smallest absolute Gasteiger partial charge is 0.407 e. The molecule has 29 heavy (non-hydrogen) atoms. The first-order chi connectivity index (χ1) is 14.1. The van der Waals surface area contributed by atoms with Crippen LogP contribution in [0.3, 0.4) is 0 Å². The first-order valence-corrected chi connectivity index (χ1v) is 10.3. The second kappa shape index (κ2) is 6.94. The van der Waals surface area contributed by atoms with Crippen LogP contribution < -0.4 is 9.64 Å². The summed E-state index contributed by atoms with van der Waals surface area (Å²) in [6.45, 7) is 2.11. The lowest BCUT2D eigenvalue weighted by molar-refractivity contribution is 0.127. The molecule has 1 fully saturated rings. The zero-order chi connectivity index (χ0) is 20.1. The molecule has 1 N–H and O–H groups in total. The van der Waals surface area contributed by atoms with Gasteiger partial charge in [0.15, 0.2) is 0 Å². The molecule has 0 spiro atoms. The molecule has 6 heteroatoms. The molecular weight excluding hydrogens is 371 g/mol. The van der Waals surface area contributed by atoms with Gasteiger partial charge in [-0.3, -0.25) is 0 Å². The third-order valence-electron chi connectivity index (χ3n) is 6.73. The van der Waals surface area contributed by atoms with E-state index in [1.807, 2.05) is 0 Å². The van der Waals surface area contributed by atoms with Gasteiger partial charge in [-0.25, -0.2) is 9.18 Å². The Labute approximate surface area is 169 Å². The third kappa shape index (κ3) is 2.93. The summed E-state index contributed by atoms with van der Waals surface area (Å²) in [5, 5.41) is 9.51. The number of likely N-dealkylation sites (tertiary alicyclic amines) is 1. The molecule has 5 nitrogen and oxygen atoms in total. The van der Waals surface area contributed by atoms with Gasteiger partial charge in [0.1, 0.15) is 11.6 Å². The number of aryl methyl sites for hydroxylation is 1. The standard InChI is InChI=1S/C23H25FN2O3/c1-29-16-5-6-17(20(24)12-16)15-10-14-4-2-3-8-26-21-7-9-25(23(27)28)13-19(21)18(11-15)22(14)26/h5-6,10-12,19,21H,2-4,7-9,13H2,1H3,(H,27,28)/t19-,21-/m0/s1. The van der Waals surface area contributed by atoms with E-state index >= 15 is 0 Å². The van der Waals surface area contributed by atoms with Crippen LogP contribution >= 0.6 is 0 Å². The number of rotatable bonds is 2. The maximum atomic E-state index is 14.8. The summed E-state index contributed by atoms with van der Waals surface area (Å²) in [5.74, 6) is 0.349. The van der Waals surface area contributed by atoms with Crippen LogP contribution in [0, 0.1) is 5.82 Å². The normalized spacial score (nSPS) is 22.7. The van der Waals surface area contributed by atoms with Gasteiger partial charge in [-0.2, -0.15) is 0 Å². The molecule has 0 saturated carbocycles. The lowest BCUT2D eigenvalue weighted by Crippen LogP contribution is -2.48. The molecule has 3 heterocycles. The van der Waals surface area contributed by atoms with Gasteiger partial charge in [0, 0.05) is 48.9 Å². The fraction of sp³-hybridized carbons (Fsp3) is 0.435. The van der Waals surface area contributed by atoms with E-state index in [4.69, 9.17) is 4.74 Å². The highest BCUT2D eigenvalue weighted by Crippen LogP contribution is 2.49. The van der Waals surface area contributed by atoms with Crippen LogP contribution in [-0.4, -0.2) is 48.9 Å².